The quantitative estimate of drug-likeness (QED) is 0.771. The number of fused-ring (bicyclic) bond motifs is 1. The first kappa shape index (κ1) is 10.5. The fraction of sp³-hybridized carbons (Fsp3) is 0.455. The Hall–Kier alpha value is -1.03. The van der Waals surface area contributed by atoms with E-state index in [4.69, 9.17) is 0 Å². The van der Waals surface area contributed by atoms with Crippen LogP contribution in [0.15, 0.2) is 24.3 Å². The van der Waals surface area contributed by atoms with Gasteiger partial charge in [-0.25, -0.2) is 8.42 Å². The van der Waals surface area contributed by atoms with Crippen molar-refractivity contribution in [2.45, 2.75) is 19.3 Å². The molecule has 1 atom stereocenters. The molecule has 82 valence electrons. The van der Waals surface area contributed by atoms with Gasteiger partial charge >= 0.3 is 0 Å². The molecule has 2 rings (SSSR count). The fourth-order valence-corrected chi connectivity index (χ4v) is 3.09. The Morgan fingerprint density at radius 3 is 2.67 bits per heavy atom. The number of hydrogen-bond acceptors (Lipinski definition) is 2. The zero-order valence-corrected chi connectivity index (χ0v) is 9.79. The number of rotatable bonds is 2. The van der Waals surface area contributed by atoms with Gasteiger partial charge in [-0.2, -0.15) is 0 Å². The number of sulfonamides is 1. The molecule has 0 saturated heterocycles. The summed E-state index contributed by atoms with van der Waals surface area (Å²) in [6.07, 6.45) is 2.24. The Labute approximate surface area is 90.8 Å². The molecule has 1 aromatic rings. The van der Waals surface area contributed by atoms with Crippen LogP contribution < -0.4 is 4.31 Å². The minimum Gasteiger partial charge on any atom is -0.270 e. The van der Waals surface area contributed by atoms with Gasteiger partial charge in [0.05, 0.1) is 11.9 Å². The van der Waals surface area contributed by atoms with E-state index in [1.54, 1.807) is 0 Å². The average molecular weight is 225 g/mol. The van der Waals surface area contributed by atoms with Crippen molar-refractivity contribution in [1.82, 2.24) is 0 Å². The van der Waals surface area contributed by atoms with Crippen molar-refractivity contribution in [2.75, 3.05) is 17.1 Å². The lowest BCUT2D eigenvalue weighted by molar-refractivity contribution is 0.594. The van der Waals surface area contributed by atoms with E-state index in [1.807, 2.05) is 24.3 Å². The Morgan fingerprint density at radius 1 is 1.40 bits per heavy atom. The highest BCUT2D eigenvalue weighted by atomic mass is 32.2. The summed E-state index contributed by atoms with van der Waals surface area (Å²) in [5.41, 5.74) is 2.01. The van der Waals surface area contributed by atoms with Crippen molar-refractivity contribution < 1.29 is 8.42 Å². The second-order valence-electron chi connectivity index (χ2n) is 3.96. The molecule has 0 radical (unpaired) electrons. The van der Waals surface area contributed by atoms with Crippen LogP contribution in [0.4, 0.5) is 5.69 Å². The van der Waals surface area contributed by atoms with E-state index >= 15 is 0 Å². The van der Waals surface area contributed by atoms with Crippen molar-refractivity contribution in [1.29, 1.82) is 0 Å². The molecule has 0 bridgehead atoms. The zero-order chi connectivity index (χ0) is 11.1. The highest BCUT2D eigenvalue weighted by molar-refractivity contribution is 7.92. The highest BCUT2D eigenvalue weighted by Gasteiger charge is 2.31. The summed E-state index contributed by atoms with van der Waals surface area (Å²) in [6, 6.07) is 7.75. The largest absolute Gasteiger partial charge is 0.270 e. The molecule has 0 aromatic heterocycles. The van der Waals surface area contributed by atoms with Gasteiger partial charge in [0.2, 0.25) is 10.0 Å². The summed E-state index contributed by atoms with van der Waals surface area (Å²) in [7, 11) is -3.13. The molecule has 0 aliphatic carbocycles. The van der Waals surface area contributed by atoms with Gasteiger partial charge in [0, 0.05) is 12.5 Å². The Balaban J connectivity index is 2.51. The topological polar surface area (TPSA) is 37.4 Å². The van der Waals surface area contributed by atoms with Crippen LogP contribution in [0, 0.1) is 0 Å². The third-order valence-corrected chi connectivity index (χ3v) is 4.07. The maximum atomic E-state index is 11.6. The van der Waals surface area contributed by atoms with Gasteiger partial charge in [0.25, 0.3) is 0 Å². The van der Waals surface area contributed by atoms with Gasteiger partial charge < -0.3 is 0 Å². The third kappa shape index (κ3) is 1.74. The van der Waals surface area contributed by atoms with Crippen LogP contribution in [0.2, 0.25) is 0 Å². The molecule has 1 unspecified atom stereocenters. The van der Waals surface area contributed by atoms with Crippen molar-refractivity contribution in [2.24, 2.45) is 0 Å². The van der Waals surface area contributed by atoms with Crippen LogP contribution in [-0.4, -0.2) is 21.2 Å². The first-order valence-electron chi connectivity index (χ1n) is 5.10. The molecular weight excluding hydrogens is 210 g/mol. The van der Waals surface area contributed by atoms with E-state index in [9.17, 15) is 8.42 Å². The summed E-state index contributed by atoms with van der Waals surface area (Å²) >= 11 is 0. The predicted octanol–water partition coefficient (Wildman–Crippen LogP) is 1.96. The van der Waals surface area contributed by atoms with Crippen molar-refractivity contribution in [3.8, 4) is 0 Å². The monoisotopic (exact) mass is 225 g/mol. The minimum atomic E-state index is -3.13. The van der Waals surface area contributed by atoms with Crippen LogP contribution in [0.3, 0.4) is 0 Å². The zero-order valence-electron chi connectivity index (χ0n) is 8.97. The predicted molar refractivity (Wildman–Crippen MR) is 61.7 cm³/mol. The fourth-order valence-electron chi connectivity index (χ4n) is 2.12. The molecule has 0 fully saturated rings. The van der Waals surface area contributed by atoms with E-state index in [1.165, 1.54) is 10.6 Å². The Bertz CT molecular complexity index is 467. The first-order valence-corrected chi connectivity index (χ1v) is 6.95. The number of anilines is 1. The van der Waals surface area contributed by atoms with Crippen LogP contribution in [-0.2, 0) is 10.0 Å². The second-order valence-corrected chi connectivity index (χ2v) is 5.86. The number of para-hydroxylation sites is 1. The first-order chi connectivity index (χ1) is 7.04. The van der Waals surface area contributed by atoms with E-state index in [2.05, 4.69) is 6.92 Å². The number of nitrogens with zero attached hydrogens (tertiary/aromatic N) is 1. The Kier molecular flexibility index (Phi) is 2.46. The molecular formula is C11H15NO2S. The van der Waals surface area contributed by atoms with Gasteiger partial charge in [0.1, 0.15) is 0 Å². The molecule has 1 aliphatic rings. The molecule has 15 heavy (non-hydrogen) atoms. The summed E-state index contributed by atoms with van der Waals surface area (Å²) in [5, 5.41) is 0. The smallest absolute Gasteiger partial charge is 0.232 e. The molecule has 0 N–H and O–H groups in total. The molecule has 4 heteroatoms. The number of hydrogen-bond donors (Lipinski definition) is 0. The van der Waals surface area contributed by atoms with Gasteiger partial charge in [-0.3, -0.25) is 4.31 Å². The second kappa shape index (κ2) is 3.52. The van der Waals surface area contributed by atoms with Crippen molar-refractivity contribution >= 4 is 15.7 Å². The molecule has 1 heterocycles. The molecule has 3 nitrogen and oxygen atoms in total. The highest BCUT2D eigenvalue weighted by Crippen LogP contribution is 2.38. The number of benzene rings is 1. The van der Waals surface area contributed by atoms with E-state index in [0.29, 0.717) is 12.5 Å². The summed E-state index contributed by atoms with van der Waals surface area (Å²) in [5.74, 6) is 0.343. The minimum absolute atomic E-state index is 0.343. The van der Waals surface area contributed by atoms with Crippen molar-refractivity contribution in [3.05, 3.63) is 29.8 Å². The van der Waals surface area contributed by atoms with E-state index < -0.39 is 10.0 Å². The van der Waals surface area contributed by atoms with Crippen LogP contribution >= 0.6 is 0 Å². The summed E-state index contributed by atoms with van der Waals surface area (Å²) < 4.78 is 24.7. The lowest BCUT2D eigenvalue weighted by Gasteiger charge is -2.16. The standard InChI is InChI=1S/C11H15NO2S/c1-3-9-8-12(15(2,13)14)11-7-5-4-6-10(9)11/h4-7,9H,3,8H2,1-2H3. The lowest BCUT2D eigenvalue weighted by Crippen LogP contribution is -2.28. The molecule has 0 saturated carbocycles. The lowest BCUT2D eigenvalue weighted by atomic mass is 9.99. The average Bonchev–Trinajstić information content (AvgIpc) is 2.55. The summed E-state index contributed by atoms with van der Waals surface area (Å²) in [4.78, 5) is 0. The summed E-state index contributed by atoms with van der Waals surface area (Å²) in [6.45, 7) is 2.68. The third-order valence-electron chi connectivity index (χ3n) is 2.92. The van der Waals surface area contributed by atoms with Crippen LogP contribution in [0.25, 0.3) is 0 Å². The van der Waals surface area contributed by atoms with Gasteiger partial charge in [-0.1, -0.05) is 25.1 Å². The maximum absolute atomic E-state index is 11.6. The van der Waals surface area contributed by atoms with Crippen LogP contribution in [0.1, 0.15) is 24.8 Å². The van der Waals surface area contributed by atoms with E-state index in [-0.39, 0.29) is 0 Å². The SMILES string of the molecule is CCC1CN(S(C)(=O)=O)c2ccccc21. The van der Waals surface area contributed by atoms with E-state index in [0.717, 1.165) is 17.7 Å². The van der Waals surface area contributed by atoms with Crippen LogP contribution in [0.5, 0.6) is 0 Å². The van der Waals surface area contributed by atoms with Gasteiger partial charge in [0.15, 0.2) is 0 Å². The normalized spacial score (nSPS) is 20.4. The molecule has 1 aromatic carbocycles. The van der Waals surface area contributed by atoms with Gasteiger partial charge in [-0.15, -0.1) is 0 Å². The maximum Gasteiger partial charge on any atom is 0.232 e. The molecule has 1 aliphatic heterocycles. The van der Waals surface area contributed by atoms with Gasteiger partial charge in [-0.05, 0) is 18.1 Å². The Morgan fingerprint density at radius 2 is 2.07 bits per heavy atom. The molecule has 0 amide bonds. The van der Waals surface area contributed by atoms with Crippen molar-refractivity contribution in [3.63, 3.8) is 0 Å². The molecule has 0 spiro atoms.